The fourth-order valence-electron chi connectivity index (χ4n) is 3.92. The second kappa shape index (κ2) is 6.52. The number of anilines is 1. The minimum atomic E-state index is -0.745. The molecule has 5 nitrogen and oxygen atoms in total. The predicted octanol–water partition coefficient (Wildman–Crippen LogP) is 2.67. The molecule has 4 N–H and O–H groups in total. The first-order valence-electron chi connectivity index (χ1n) is 9.00. The van der Waals surface area contributed by atoms with Crippen LogP contribution in [0.15, 0.2) is 30.3 Å². The number of amides is 1. The van der Waals surface area contributed by atoms with Crippen LogP contribution in [-0.2, 0) is 11.8 Å². The van der Waals surface area contributed by atoms with Gasteiger partial charge in [0.25, 0.3) is 5.91 Å². The summed E-state index contributed by atoms with van der Waals surface area (Å²) in [5, 5.41) is 13.0. The van der Waals surface area contributed by atoms with Crippen LogP contribution < -0.4 is 11.1 Å². The van der Waals surface area contributed by atoms with Crippen molar-refractivity contribution in [3.05, 3.63) is 51.9 Å². The van der Waals surface area contributed by atoms with E-state index in [1.54, 1.807) is 0 Å². The fourth-order valence-corrected chi connectivity index (χ4v) is 5.07. The molecule has 2 aliphatic carbocycles. The molecular formula is C20H22N2O3S. The van der Waals surface area contributed by atoms with E-state index in [0.717, 1.165) is 24.0 Å². The molecule has 0 saturated heterocycles. The molecule has 0 radical (unpaired) electrons. The molecule has 1 aromatic carbocycles. The number of rotatable bonds is 5. The van der Waals surface area contributed by atoms with Gasteiger partial charge in [0.1, 0.15) is 0 Å². The Bertz CT molecular complexity index is 857. The molecule has 1 fully saturated rings. The zero-order valence-corrected chi connectivity index (χ0v) is 15.3. The molecule has 26 heavy (non-hydrogen) atoms. The van der Waals surface area contributed by atoms with E-state index < -0.39 is 5.41 Å². The second-order valence-electron chi connectivity index (χ2n) is 7.15. The van der Waals surface area contributed by atoms with Crippen molar-refractivity contribution in [3.63, 3.8) is 0 Å². The summed E-state index contributed by atoms with van der Waals surface area (Å²) in [7, 11) is 0. The molecular weight excluding hydrogens is 348 g/mol. The van der Waals surface area contributed by atoms with Gasteiger partial charge in [0.05, 0.1) is 20.9 Å². The topological polar surface area (TPSA) is 92.4 Å². The summed E-state index contributed by atoms with van der Waals surface area (Å²) in [6.45, 7) is -0.0636. The highest BCUT2D eigenvalue weighted by atomic mass is 32.1. The maximum absolute atomic E-state index is 13.5. The van der Waals surface area contributed by atoms with Crippen molar-refractivity contribution in [1.82, 2.24) is 5.32 Å². The van der Waals surface area contributed by atoms with E-state index in [-0.39, 0.29) is 24.3 Å². The molecule has 4 rings (SSSR count). The summed E-state index contributed by atoms with van der Waals surface area (Å²) in [6, 6.07) is 9.86. The summed E-state index contributed by atoms with van der Waals surface area (Å²) in [5.41, 5.74) is 7.57. The first kappa shape index (κ1) is 17.2. The van der Waals surface area contributed by atoms with E-state index in [1.807, 2.05) is 30.3 Å². The Morgan fingerprint density at radius 3 is 2.69 bits per heavy atom. The van der Waals surface area contributed by atoms with Gasteiger partial charge in [-0.25, -0.2) is 0 Å². The number of aliphatic hydroxyl groups is 1. The first-order valence-corrected chi connectivity index (χ1v) is 9.81. The number of nitrogens with two attached hydrogens (primary N) is 1. The van der Waals surface area contributed by atoms with E-state index in [1.165, 1.54) is 11.3 Å². The number of ketones is 1. The Kier molecular flexibility index (Phi) is 4.32. The highest BCUT2D eigenvalue weighted by molar-refractivity contribution is 7.18. The molecule has 2 aliphatic rings. The summed E-state index contributed by atoms with van der Waals surface area (Å²) >= 11 is 1.21. The quantitative estimate of drug-likeness (QED) is 0.754. The number of nitrogens with one attached hydrogen (secondary N) is 1. The molecule has 1 amide bonds. The van der Waals surface area contributed by atoms with Crippen LogP contribution in [0.5, 0.6) is 0 Å². The fraction of sp³-hybridized carbons (Fsp3) is 0.400. The van der Waals surface area contributed by atoms with Crippen LogP contribution in [0.3, 0.4) is 0 Å². The number of fused-ring (bicyclic) bond motifs is 1. The third kappa shape index (κ3) is 2.73. The highest BCUT2D eigenvalue weighted by Crippen LogP contribution is 2.46. The van der Waals surface area contributed by atoms with Crippen molar-refractivity contribution in [3.8, 4) is 0 Å². The van der Waals surface area contributed by atoms with Gasteiger partial charge in [-0.3, -0.25) is 9.59 Å². The lowest BCUT2D eigenvalue weighted by Gasteiger charge is -2.36. The number of hydrogen-bond acceptors (Lipinski definition) is 5. The van der Waals surface area contributed by atoms with Gasteiger partial charge >= 0.3 is 0 Å². The van der Waals surface area contributed by atoms with Gasteiger partial charge in [-0.15, -0.1) is 11.3 Å². The molecule has 1 aromatic heterocycles. The predicted molar refractivity (Wildman–Crippen MR) is 102 cm³/mol. The Morgan fingerprint density at radius 2 is 2.04 bits per heavy atom. The summed E-state index contributed by atoms with van der Waals surface area (Å²) in [5.74, 6) is -0.189. The van der Waals surface area contributed by atoms with Crippen LogP contribution in [0, 0.1) is 0 Å². The van der Waals surface area contributed by atoms with Crippen molar-refractivity contribution in [2.75, 3.05) is 12.3 Å². The van der Waals surface area contributed by atoms with Gasteiger partial charge < -0.3 is 16.2 Å². The number of nitrogen functional groups attached to an aromatic ring is 1. The maximum Gasteiger partial charge on any atom is 0.254 e. The number of Topliss-reactive ketones (excluding diaryl/α,β-unsaturated/α-hetero) is 1. The van der Waals surface area contributed by atoms with Gasteiger partial charge in [-0.05, 0) is 43.2 Å². The average Bonchev–Trinajstić information content (AvgIpc) is 3.38. The zero-order chi connectivity index (χ0) is 18.3. The maximum atomic E-state index is 13.5. The van der Waals surface area contributed by atoms with Gasteiger partial charge in [-0.1, -0.05) is 30.3 Å². The summed E-state index contributed by atoms with van der Waals surface area (Å²) in [4.78, 5) is 26.6. The highest BCUT2D eigenvalue weighted by Gasteiger charge is 2.46. The Labute approximate surface area is 156 Å². The number of aliphatic hydroxyl groups excluding tert-OH is 1. The zero-order valence-electron chi connectivity index (χ0n) is 14.5. The van der Waals surface area contributed by atoms with Gasteiger partial charge in [0.15, 0.2) is 5.78 Å². The van der Waals surface area contributed by atoms with Gasteiger partial charge in [-0.2, -0.15) is 0 Å². The van der Waals surface area contributed by atoms with Crippen LogP contribution in [-0.4, -0.2) is 29.4 Å². The molecule has 0 bridgehead atoms. The number of carbonyl (C=O) groups excluding carboxylic acids is 2. The summed E-state index contributed by atoms with van der Waals surface area (Å²) < 4.78 is 0. The van der Waals surface area contributed by atoms with E-state index in [0.29, 0.717) is 34.7 Å². The lowest BCUT2D eigenvalue weighted by molar-refractivity contribution is 0.0827. The van der Waals surface area contributed by atoms with Crippen LogP contribution in [0.4, 0.5) is 5.00 Å². The number of thiophene rings is 1. The SMILES string of the molecule is Nc1sc2c(c1C(=O)NC1CC1)CCC(CCO)(c1ccccc1)C2=O. The normalized spacial score (nSPS) is 22.1. The van der Waals surface area contributed by atoms with Crippen molar-refractivity contribution >= 4 is 28.0 Å². The molecule has 0 aliphatic heterocycles. The van der Waals surface area contributed by atoms with Crippen LogP contribution in [0.2, 0.25) is 0 Å². The van der Waals surface area contributed by atoms with Crippen molar-refractivity contribution in [1.29, 1.82) is 0 Å². The third-order valence-electron chi connectivity index (χ3n) is 5.48. The van der Waals surface area contributed by atoms with Gasteiger partial charge in [0.2, 0.25) is 0 Å². The average molecular weight is 370 g/mol. The van der Waals surface area contributed by atoms with E-state index in [4.69, 9.17) is 5.73 Å². The van der Waals surface area contributed by atoms with Crippen LogP contribution >= 0.6 is 11.3 Å². The Morgan fingerprint density at radius 1 is 1.31 bits per heavy atom. The number of hydrogen-bond donors (Lipinski definition) is 3. The van der Waals surface area contributed by atoms with Crippen molar-refractivity contribution in [2.24, 2.45) is 0 Å². The minimum absolute atomic E-state index is 0.0267. The Hall–Kier alpha value is -2.18. The largest absolute Gasteiger partial charge is 0.396 e. The number of carbonyl (C=O) groups is 2. The molecule has 1 atom stereocenters. The van der Waals surface area contributed by atoms with E-state index in [9.17, 15) is 14.7 Å². The molecule has 1 heterocycles. The summed E-state index contributed by atoms with van der Waals surface area (Å²) in [6.07, 6.45) is 3.56. The lowest BCUT2D eigenvalue weighted by Crippen LogP contribution is -2.41. The standard InChI is InChI=1S/C20H22N2O3S/c21-18-15(19(25)22-13-6-7-13)14-8-9-20(10-11-23,17(24)16(14)26-18)12-4-2-1-3-5-12/h1-5,13,23H,6-11,21H2,(H,22,25). The Balaban J connectivity index is 1.75. The smallest absolute Gasteiger partial charge is 0.254 e. The molecule has 1 unspecified atom stereocenters. The first-order chi connectivity index (χ1) is 12.6. The van der Waals surface area contributed by atoms with Crippen LogP contribution in [0.25, 0.3) is 0 Å². The molecule has 136 valence electrons. The van der Waals surface area contributed by atoms with Gasteiger partial charge in [0, 0.05) is 12.6 Å². The third-order valence-corrected chi connectivity index (χ3v) is 6.54. The molecule has 6 heteroatoms. The van der Waals surface area contributed by atoms with Crippen LogP contribution in [0.1, 0.15) is 56.8 Å². The van der Waals surface area contributed by atoms with E-state index in [2.05, 4.69) is 5.32 Å². The second-order valence-corrected chi connectivity index (χ2v) is 8.20. The monoisotopic (exact) mass is 370 g/mol. The molecule has 2 aromatic rings. The minimum Gasteiger partial charge on any atom is -0.396 e. The van der Waals surface area contributed by atoms with E-state index >= 15 is 0 Å². The molecule has 1 saturated carbocycles. The van der Waals surface area contributed by atoms with Crippen molar-refractivity contribution in [2.45, 2.75) is 43.6 Å². The molecule has 0 spiro atoms. The van der Waals surface area contributed by atoms with Crippen molar-refractivity contribution < 1.29 is 14.7 Å². The lowest BCUT2D eigenvalue weighted by atomic mass is 9.66. The number of benzene rings is 1.